The molecule has 0 saturated heterocycles. The number of nitrogens with one attached hydrogen (secondary N) is 2. The summed E-state index contributed by atoms with van der Waals surface area (Å²) in [5.74, 6) is -0.388. The van der Waals surface area contributed by atoms with Crippen molar-refractivity contribution in [2.24, 2.45) is 0 Å². The minimum absolute atomic E-state index is 0.00435. The van der Waals surface area contributed by atoms with Crippen molar-refractivity contribution in [3.05, 3.63) is 64.7 Å². The van der Waals surface area contributed by atoms with E-state index in [4.69, 9.17) is 4.84 Å². The number of aryl methyl sites for hydroxylation is 3. The molecule has 6 nitrogen and oxygen atoms in total. The highest BCUT2D eigenvalue weighted by molar-refractivity contribution is 7.89. The first-order chi connectivity index (χ1) is 12.3. The van der Waals surface area contributed by atoms with Gasteiger partial charge in [0, 0.05) is 13.0 Å². The molecule has 0 heterocycles. The Morgan fingerprint density at radius 3 is 2.27 bits per heavy atom. The van der Waals surface area contributed by atoms with Crippen molar-refractivity contribution in [3.63, 3.8) is 0 Å². The normalized spacial score (nSPS) is 11.3. The standard InChI is InChI=1S/C19H24N2O4S/c1-14-11-15(2)19(16(3)12-14)26(23,24)20-10-9-18(22)21-25-13-17-7-5-4-6-8-17/h4-8,11-12,20H,9-10,13H2,1-3H3,(H,21,22). The molecule has 0 bridgehead atoms. The molecule has 2 N–H and O–H groups in total. The smallest absolute Gasteiger partial charge is 0.244 e. The molecule has 7 heteroatoms. The zero-order chi connectivity index (χ0) is 19.2. The number of amides is 1. The van der Waals surface area contributed by atoms with Crippen LogP contribution in [0.1, 0.15) is 28.7 Å². The highest BCUT2D eigenvalue weighted by atomic mass is 32.2. The maximum Gasteiger partial charge on any atom is 0.244 e. The van der Waals surface area contributed by atoms with Crippen molar-refractivity contribution < 1.29 is 18.0 Å². The van der Waals surface area contributed by atoms with Crippen LogP contribution in [-0.2, 0) is 26.3 Å². The van der Waals surface area contributed by atoms with Crippen molar-refractivity contribution in [1.82, 2.24) is 10.2 Å². The number of carbonyl (C=O) groups is 1. The van der Waals surface area contributed by atoms with Gasteiger partial charge < -0.3 is 0 Å². The maximum atomic E-state index is 12.5. The maximum absolute atomic E-state index is 12.5. The number of sulfonamides is 1. The van der Waals surface area contributed by atoms with E-state index in [1.54, 1.807) is 13.8 Å². The van der Waals surface area contributed by atoms with Crippen molar-refractivity contribution in [1.29, 1.82) is 0 Å². The zero-order valence-corrected chi connectivity index (χ0v) is 16.0. The van der Waals surface area contributed by atoms with Gasteiger partial charge in [-0.25, -0.2) is 18.6 Å². The van der Waals surface area contributed by atoms with E-state index in [9.17, 15) is 13.2 Å². The van der Waals surface area contributed by atoms with Gasteiger partial charge in [-0.3, -0.25) is 9.63 Å². The average Bonchev–Trinajstić information content (AvgIpc) is 2.54. The van der Waals surface area contributed by atoms with E-state index in [2.05, 4.69) is 10.2 Å². The molecule has 2 aromatic carbocycles. The van der Waals surface area contributed by atoms with Gasteiger partial charge in [0.15, 0.2) is 0 Å². The minimum Gasteiger partial charge on any atom is -0.273 e. The summed E-state index contributed by atoms with van der Waals surface area (Å²) < 4.78 is 27.5. The van der Waals surface area contributed by atoms with Crippen LogP contribution < -0.4 is 10.2 Å². The highest BCUT2D eigenvalue weighted by Crippen LogP contribution is 2.21. The molecule has 0 aliphatic carbocycles. The second-order valence-electron chi connectivity index (χ2n) is 6.18. The summed E-state index contributed by atoms with van der Waals surface area (Å²) >= 11 is 0. The van der Waals surface area contributed by atoms with Gasteiger partial charge in [0.05, 0.1) is 11.5 Å². The summed E-state index contributed by atoms with van der Waals surface area (Å²) in [5.41, 5.74) is 5.62. The summed E-state index contributed by atoms with van der Waals surface area (Å²) in [4.78, 5) is 17.2. The number of hydrogen-bond acceptors (Lipinski definition) is 4. The van der Waals surface area contributed by atoms with E-state index < -0.39 is 10.0 Å². The van der Waals surface area contributed by atoms with Crippen LogP contribution in [0.5, 0.6) is 0 Å². The molecular formula is C19H24N2O4S. The molecule has 0 unspecified atom stereocenters. The lowest BCUT2D eigenvalue weighted by molar-refractivity contribution is -0.134. The lowest BCUT2D eigenvalue weighted by Gasteiger charge is -2.13. The molecule has 140 valence electrons. The van der Waals surface area contributed by atoms with Crippen LogP contribution in [0.25, 0.3) is 0 Å². The molecule has 0 spiro atoms. The van der Waals surface area contributed by atoms with Gasteiger partial charge in [-0.05, 0) is 37.5 Å². The molecule has 2 rings (SSSR count). The molecule has 0 aliphatic rings. The Bertz CT molecular complexity index is 841. The predicted octanol–water partition coefficient (Wildman–Crippen LogP) is 2.53. The molecule has 0 aliphatic heterocycles. The fourth-order valence-corrected chi connectivity index (χ4v) is 4.27. The molecule has 26 heavy (non-hydrogen) atoms. The number of hydroxylamine groups is 1. The Balaban J connectivity index is 1.82. The molecule has 0 saturated carbocycles. The third-order valence-corrected chi connectivity index (χ3v) is 5.55. The Labute approximate surface area is 154 Å². The average molecular weight is 376 g/mol. The SMILES string of the molecule is Cc1cc(C)c(S(=O)(=O)NCCC(=O)NOCc2ccccc2)c(C)c1. The fourth-order valence-electron chi connectivity index (χ4n) is 2.79. The summed E-state index contributed by atoms with van der Waals surface area (Å²) in [6.45, 7) is 5.69. The van der Waals surface area contributed by atoms with Crippen LogP contribution in [-0.4, -0.2) is 20.9 Å². The second-order valence-corrected chi connectivity index (χ2v) is 7.88. The summed E-state index contributed by atoms with van der Waals surface area (Å²) in [7, 11) is -3.67. The van der Waals surface area contributed by atoms with E-state index in [0.717, 1.165) is 11.1 Å². The Hall–Kier alpha value is -2.22. The van der Waals surface area contributed by atoms with Crippen molar-refractivity contribution in [3.8, 4) is 0 Å². The van der Waals surface area contributed by atoms with Gasteiger partial charge in [-0.15, -0.1) is 0 Å². The molecule has 0 aromatic heterocycles. The first kappa shape index (κ1) is 20.1. The number of benzene rings is 2. The fraction of sp³-hybridized carbons (Fsp3) is 0.316. The molecule has 0 radical (unpaired) electrons. The van der Waals surface area contributed by atoms with Gasteiger partial charge in [-0.2, -0.15) is 0 Å². The van der Waals surface area contributed by atoms with Crippen molar-refractivity contribution in [2.45, 2.75) is 38.7 Å². The number of hydrogen-bond donors (Lipinski definition) is 2. The van der Waals surface area contributed by atoms with E-state index in [0.29, 0.717) is 11.1 Å². The third kappa shape index (κ3) is 5.66. The Kier molecular flexibility index (Phi) is 6.90. The van der Waals surface area contributed by atoms with Crippen molar-refractivity contribution in [2.75, 3.05) is 6.54 Å². The summed E-state index contributed by atoms with van der Waals surface area (Å²) in [6.07, 6.45) is -0.0159. The highest BCUT2D eigenvalue weighted by Gasteiger charge is 2.19. The first-order valence-electron chi connectivity index (χ1n) is 8.31. The van der Waals surface area contributed by atoms with E-state index in [1.807, 2.05) is 49.4 Å². The topological polar surface area (TPSA) is 84.5 Å². The summed E-state index contributed by atoms with van der Waals surface area (Å²) in [6, 6.07) is 13.1. The number of carbonyl (C=O) groups excluding carboxylic acids is 1. The van der Waals surface area contributed by atoms with Crippen LogP contribution in [0.2, 0.25) is 0 Å². The van der Waals surface area contributed by atoms with Gasteiger partial charge >= 0.3 is 0 Å². The monoisotopic (exact) mass is 376 g/mol. The van der Waals surface area contributed by atoms with Gasteiger partial charge in [0.2, 0.25) is 15.9 Å². The van der Waals surface area contributed by atoms with Crippen LogP contribution in [0.15, 0.2) is 47.4 Å². The van der Waals surface area contributed by atoms with E-state index in [-0.39, 0.29) is 30.4 Å². The molecular weight excluding hydrogens is 352 g/mol. The largest absolute Gasteiger partial charge is 0.273 e. The minimum atomic E-state index is -3.67. The van der Waals surface area contributed by atoms with E-state index in [1.165, 1.54) is 0 Å². The number of rotatable bonds is 8. The van der Waals surface area contributed by atoms with Gasteiger partial charge in [0.25, 0.3) is 0 Å². The van der Waals surface area contributed by atoms with Crippen LogP contribution in [0.3, 0.4) is 0 Å². The second kappa shape index (κ2) is 8.93. The molecule has 0 atom stereocenters. The van der Waals surface area contributed by atoms with Crippen molar-refractivity contribution >= 4 is 15.9 Å². The zero-order valence-electron chi connectivity index (χ0n) is 15.2. The lowest BCUT2D eigenvalue weighted by atomic mass is 10.1. The van der Waals surface area contributed by atoms with E-state index >= 15 is 0 Å². The van der Waals surface area contributed by atoms with Crippen LogP contribution in [0.4, 0.5) is 0 Å². The van der Waals surface area contributed by atoms with Gasteiger partial charge in [-0.1, -0.05) is 48.0 Å². The van der Waals surface area contributed by atoms with Crippen LogP contribution in [0, 0.1) is 20.8 Å². The summed E-state index contributed by atoms with van der Waals surface area (Å²) in [5, 5.41) is 0. The molecule has 1 amide bonds. The molecule has 2 aromatic rings. The third-order valence-electron chi connectivity index (χ3n) is 3.79. The Morgan fingerprint density at radius 2 is 1.65 bits per heavy atom. The quantitative estimate of drug-likeness (QED) is 0.694. The predicted molar refractivity (Wildman–Crippen MR) is 99.8 cm³/mol. The Morgan fingerprint density at radius 1 is 1.04 bits per heavy atom. The van der Waals surface area contributed by atoms with Gasteiger partial charge in [0.1, 0.15) is 0 Å². The first-order valence-corrected chi connectivity index (χ1v) is 9.80. The lowest BCUT2D eigenvalue weighted by Crippen LogP contribution is -2.31. The molecule has 0 fully saturated rings. The van der Waals surface area contributed by atoms with Crippen LogP contribution >= 0.6 is 0 Å².